The van der Waals surface area contributed by atoms with Crippen LogP contribution in [0.3, 0.4) is 0 Å². The van der Waals surface area contributed by atoms with Crippen molar-refractivity contribution in [2.24, 2.45) is 4.99 Å². The number of aliphatic imine (C=N–C) groups is 1. The van der Waals surface area contributed by atoms with Crippen molar-refractivity contribution in [1.29, 1.82) is 5.26 Å². The van der Waals surface area contributed by atoms with Gasteiger partial charge in [0, 0.05) is 38.3 Å². The summed E-state index contributed by atoms with van der Waals surface area (Å²) in [6, 6.07) is 1.64. The number of nitriles is 1. The monoisotopic (exact) mass is 531 g/mol. The van der Waals surface area contributed by atoms with Crippen LogP contribution in [0.2, 0.25) is 5.02 Å². The number of H-pyrrole nitrogens is 1. The van der Waals surface area contributed by atoms with E-state index < -0.39 is 18.0 Å². The summed E-state index contributed by atoms with van der Waals surface area (Å²) in [7, 11) is 1.55. The van der Waals surface area contributed by atoms with Crippen LogP contribution in [-0.2, 0) is 4.74 Å². The number of halogens is 1. The van der Waals surface area contributed by atoms with E-state index in [1.54, 1.807) is 26.4 Å². The maximum Gasteiger partial charge on any atom is 0.348 e. The molecular weight excluding hydrogens is 506 g/mol. The number of aromatic nitrogens is 2. The Labute approximate surface area is 216 Å². The van der Waals surface area contributed by atoms with Gasteiger partial charge in [-0.15, -0.1) is 0 Å². The zero-order chi connectivity index (χ0) is 26.2. The topological polar surface area (TPSA) is 156 Å². The predicted molar refractivity (Wildman–Crippen MR) is 137 cm³/mol. The van der Waals surface area contributed by atoms with E-state index in [4.69, 9.17) is 16.3 Å². The molecule has 2 aliphatic rings. The molecule has 0 aliphatic carbocycles. The van der Waals surface area contributed by atoms with Gasteiger partial charge in [-0.1, -0.05) is 22.9 Å². The Morgan fingerprint density at radius 3 is 2.81 bits per heavy atom. The van der Waals surface area contributed by atoms with Crippen LogP contribution < -0.4 is 15.5 Å². The van der Waals surface area contributed by atoms with Crippen LogP contribution in [0.5, 0.6) is 0 Å². The second-order valence-corrected chi connectivity index (χ2v) is 10.5. The van der Waals surface area contributed by atoms with Crippen LogP contribution in [0, 0.1) is 18.3 Å². The van der Waals surface area contributed by atoms with Crippen LogP contribution in [0.25, 0.3) is 5.70 Å². The lowest BCUT2D eigenvalue weighted by atomic mass is 10.0. The van der Waals surface area contributed by atoms with E-state index in [9.17, 15) is 20.0 Å². The largest absolute Gasteiger partial charge is 0.477 e. The molecule has 1 saturated heterocycles. The lowest BCUT2D eigenvalue weighted by Gasteiger charge is -2.37. The number of carboxylic acids is 1. The SMILES string of the molecule is CO[C@H]1CN(c2nc(C3=CNC(C)(C)C=N3)c(C(=O)O)s2)CC[C@H]1NC(=O)c1[nH]c(C)c(Cl)c1C#N. The van der Waals surface area contributed by atoms with E-state index in [0.717, 1.165) is 11.3 Å². The van der Waals surface area contributed by atoms with Gasteiger partial charge in [0.2, 0.25) is 0 Å². The van der Waals surface area contributed by atoms with E-state index in [1.165, 1.54) is 0 Å². The van der Waals surface area contributed by atoms with Crippen LogP contribution in [0.4, 0.5) is 5.13 Å². The van der Waals surface area contributed by atoms with Crippen LogP contribution >= 0.6 is 22.9 Å². The summed E-state index contributed by atoms with van der Waals surface area (Å²) < 4.78 is 5.66. The normalized spacial score (nSPS) is 20.9. The fourth-order valence-electron chi connectivity index (χ4n) is 4.06. The molecule has 0 radical (unpaired) electrons. The van der Waals surface area contributed by atoms with Gasteiger partial charge in [0.15, 0.2) is 5.13 Å². The Balaban J connectivity index is 1.51. The number of anilines is 1. The molecule has 0 aromatic carbocycles. The summed E-state index contributed by atoms with van der Waals surface area (Å²) in [5, 5.41) is 26.0. The van der Waals surface area contributed by atoms with Gasteiger partial charge in [0.05, 0.1) is 22.7 Å². The van der Waals surface area contributed by atoms with E-state index in [-0.39, 0.29) is 32.7 Å². The number of nitrogens with one attached hydrogen (secondary N) is 3. The molecule has 11 nitrogen and oxygen atoms in total. The summed E-state index contributed by atoms with van der Waals surface area (Å²) >= 11 is 7.20. The van der Waals surface area contributed by atoms with Crippen LogP contribution in [-0.4, -0.2) is 71.0 Å². The molecule has 2 aliphatic heterocycles. The Bertz CT molecular complexity index is 1310. The minimum absolute atomic E-state index is 0.0994. The van der Waals surface area contributed by atoms with Crippen molar-refractivity contribution < 1.29 is 19.4 Å². The number of piperidine rings is 1. The van der Waals surface area contributed by atoms with E-state index in [0.29, 0.717) is 41.7 Å². The van der Waals surface area contributed by atoms with Crippen molar-refractivity contribution in [2.75, 3.05) is 25.1 Å². The lowest BCUT2D eigenvalue weighted by Crippen LogP contribution is -2.55. The van der Waals surface area contributed by atoms with Gasteiger partial charge in [-0.25, -0.2) is 9.78 Å². The number of aromatic amines is 1. The number of amides is 1. The number of aryl methyl sites for hydroxylation is 1. The molecule has 190 valence electrons. The Morgan fingerprint density at radius 1 is 1.44 bits per heavy atom. The Hall–Kier alpha value is -3.40. The smallest absolute Gasteiger partial charge is 0.348 e. The standard InChI is InChI=1S/C23H26ClN7O4S/c1-11-16(24)12(7-25)17(28-11)20(32)29-13-5-6-31(9-15(13)35-4)22-30-18(19(36-22)21(33)34)14-8-27-23(2,3)10-26-14/h8,10,13,15,27-28H,5-6,9H2,1-4H3,(H,29,32)(H,33,34)/t13-,15+/m1/s1. The summed E-state index contributed by atoms with van der Waals surface area (Å²) in [5.74, 6) is -1.52. The summed E-state index contributed by atoms with van der Waals surface area (Å²) in [4.78, 5) is 38.8. The molecule has 0 saturated carbocycles. The van der Waals surface area contributed by atoms with E-state index >= 15 is 0 Å². The molecule has 0 unspecified atom stereocenters. The molecule has 2 aromatic rings. The second kappa shape index (κ2) is 9.93. The highest BCUT2D eigenvalue weighted by Gasteiger charge is 2.34. The second-order valence-electron chi connectivity index (χ2n) is 9.15. The fourth-order valence-corrected chi connectivity index (χ4v) is 5.20. The van der Waals surface area contributed by atoms with Gasteiger partial charge in [-0.05, 0) is 27.2 Å². The zero-order valence-corrected chi connectivity index (χ0v) is 21.8. The first kappa shape index (κ1) is 25.7. The summed E-state index contributed by atoms with van der Waals surface area (Å²) in [6.07, 6.45) is 3.52. The first-order valence-corrected chi connectivity index (χ1v) is 12.4. The number of hydrogen-bond acceptors (Lipinski definition) is 9. The molecule has 4 rings (SSSR count). The van der Waals surface area contributed by atoms with Crippen molar-refractivity contribution in [3.8, 4) is 6.07 Å². The van der Waals surface area contributed by atoms with Crippen molar-refractivity contribution in [3.05, 3.63) is 38.7 Å². The van der Waals surface area contributed by atoms with Gasteiger partial charge in [0.1, 0.15) is 33.6 Å². The predicted octanol–water partition coefficient (Wildman–Crippen LogP) is 2.78. The molecule has 2 aromatic heterocycles. The molecule has 4 heterocycles. The van der Waals surface area contributed by atoms with Crippen molar-refractivity contribution in [3.63, 3.8) is 0 Å². The zero-order valence-electron chi connectivity index (χ0n) is 20.2. The van der Waals surface area contributed by atoms with Crippen LogP contribution in [0.15, 0.2) is 11.2 Å². The third-order valence-corrected chi connectivity index (χ3v) is 7.64. The van der Waals surface area contributed by atoms with E-state index in [1.807, 2.05) is 24.8 Å². The van der Waals surface area contributed by atoms with Gasteiger partial charge < -0.3 is 30.4 Å². The van der Waals surface area contributed by atoms with Gasteiger partial charge >= 0.3 is 5.97 Å². The fraction of sp³-hybridized carbons (Fsp3) is 0.435. The highest BCUT2D eigenvalue weighted by atomic mass is 35.5. The molecule has 4 N–H and O–H groups in total. The molecule has 1 amide bonds. The molecule has 1 fully saturated rings. The maximum atomic E-state index is 12.9. The quantitative estimate of drug-likeness (QED) is 0.443. The number of carboxylic acid groups (broad SMARTS) is 1. The number of rotatable bonds is 6. The van der Waals surface area contributed by atoms with Crippen molar-refractivity contribution >= 4 is 51.9 Å². The molecule has 0 spiro atoms. The van der Waals surface area contributed by atoms with Gasteiger partial charge in [-0.3, -0.25) is 9.79 Å². The number of nitrogens with zero attached hydrogens (tertiary/aromatic N) is 4. The molecule has 0 bridgehead atoms. The Morgan fingerprint density at radius 2 is 2.19 bits per heavy atom. The number of aromatic carboxylic acids is 1. The lowest BCUT2D eigenvalue weighted by molar-refractivity contribution is 0.0540. The van der Waals surface area contributed by atoms with Gasteiger partial charge in [0.25, 0.3) is 5.91 Å². The number of ether oxygens (including phenoxy) is 1. The minimum atomic E-state index is -1.08. The highest BCUT2D eigenvalue weighted by molar-refractivity contribution is 7.17. The minimum Gasteiger partial charge on any atom is -0.477 e. The molecule has 13 heteroatoms. The Kier molecular flexibility index (Phi) is 7.08. The van der Waals surface area contributed by atoms with Crippen molar-refractivity contribution in [1.82, 2.24) is 20.6 Å². The molecule has 2 atom stereocenters. The number of methoxy groups -OCH3 is 1. The summed E-state index contributed by atoms with van der Waals surface area (Å²) in [6.45, 7) is 6.50. The first-order chi connectivity index (χ1) is 17.0. The maximum absolute atomic E-state index is 12.9. The van der Waals surface area contributed by atoms with E-state index in [2.05, 4.69) is 25.6 Å². The van der Waals surface area contributed by atoms with Gasteiger partial charge in [-0.2, -0.15) is 5.26 Å². The van der Waals surface area contributed by atoms with Crippen LogP contribution in [0.1, 0.15) is 57.4 Å². The third kappa shape index (κ3) is 4.95. The third-order valence-electron chi connectivity index (χ3n) is 6.06. The number of hydrogen-bond donors (Lipinski definition) is 4. The summed E-state index contributed by atoms with van der Waals surface area (Å²) in [5.41, 5.74) is 1.18. The molecular formula is C23H26ClN7O4S. The average Bonchev–Trinajstić information content (AvgIpc) is 3.41. The number of thiazole rings is 1. The number of carbonyl (C=O) groups excluding carboxylic acids is 1. The average molecular weight is 532 g/mol. The number of carbonyl (C=O) groups is 2. The first-order valence-electron chi connectivity index (χ1n) is 11.2. The molecule has 36 heavy (non-hydrogen) atoms. The highest BCUT2D eigenvalue weighted by Crippen LogP contribution is 2.34. The van der Waals surface area contributed by atoms with Crippen molar-refractivity contribution in [2.45, 2.75) is 44.9 Å².